The van der Waals surface area contributed by atoms with Crippen molar-refractivity contribution in [3.8, 4) is 0 Å². The minimum atomic E-state index is 0.0508. The Kier molecular flexibility index (Phi) is 4.64. The van der Waals surface area contributed by atoms with Crippen LogP contribution in [0.4, 0.5) is 0 Å². The molecule has 2 aliphatic heterocycles. The van der Waals surface area contributed by atoms with E-state index in [9.17, 15) is 0 Å². The third-order valence-electron chi connectivity index (χ3n) is 4.82. The molecule has 0 saturated carbocycles. The molecule has 4 unspecified atom stereocenters. The molecule has 2 saturated heterocycles. The SMILES string of the molecule is CCC1COC(C)CN1C(C)(CN)C1CCOC1. The summed E-state index contributed by atoms with van der Waals surface area (Å²) in [7, 11) is 0. The third-order valence-corrected chi connectivity index (χ3v) is 4.82. The zero-order valence-electron chi connectivity index (χ0n) is 12.0. The van der Waals surface area contributed by atoms with Crippen LogP contribution in [-0.2, 0) is 9.47 Å². The molecule has 2 fully saturated rings. The van der Waals surface area contributed by atoms with Crippen molar-refractivity contribution in [1.29, 1.82) is 0 Å². The van der Waals surface area contributed by atoms with Crippen molar-refractivity contribution in [1.82, 2.24) is 4.90 Å². The highest BCUT2D eigenvalue weighted by Crippen LogP contribution is 2.34. The Morgan fingerprint density at radius 3 is 2.72 bits per heavy atom. The highest BCUT2D eigenvalue weighted by atomic mass is 16.5. The highest BCUT2D eigenvalue weighted by molar-refractivity contribution is 4.99. The fourth-order valence-corrected chi connectivity index (χ4v) is 3.35. The standard InChI is InChI=1S/C14H28N2O2/c1-4-13-9-18-11(2)7-16(13)14(3,10-15)12-5-6-17-8-12/h11-13H,4-10,15H2,1-3H3. The molecule has 106 valence electrons. The van der Waals surface area contributed by atoms with Crippen LogP contribution < -0.4 is 5.73 Å². The van der Waals surface area contributed by atoms with Crippen molar-refractivity contribution in [3.63, 3.8) is 0 Å². The van der Waals surface area contributed by atoms with E-state index in [0.717, 1.165) is 39.2 Å². The second-order valence-corrected chi connectivity index (χ2v) is 5.98. The third kappa shape index (κ3) is 2.57. The fourth-order valence-electron chi connectivity index (χ4n) is 3.35. The van der Waals surface area contributed by atoms with Crippen LogP contribution >= 0.6 is 0 Å². The van der Waals surface area contributed by atoms with Crippen molar-refractivity contribution in [2.24, 2.45) is 11.7 Å². The van der Waals surface area contributed by atoms with Crippen molar-refractivity contribution >= 4 is 0 Å². The van der Waals surface area contributed by atoms with Gasteiger partial charge in [0.15, 0.2) is 0 Å². The van der Waals surface area contributed by atoms with Gasteiger partial charge in [-0.15, -0.1) is 0 Å². The predicted molar refractivity (Wildman–Crippen MR) is 72.6 cm³/mol. The summed E-state index contributed by atoms with van der Waals surface area (Å²) in [6.45, 7) is 11.0. The molecule has 2 aliphatic rings. The molecule has 0 aromatic heterocycles. The lowest BCUT2D eigenvalue weighted by Gasteiger charge is -2.51. The minimum Gasteiger partial charge on any atom is -0.381 e. The molecule has 0 aliphatic carbocycles. The summed E-state index contributed by atoms with van der Waals surface area (Å²) in [5, 5.41) is 0. The first kappa shape index (κ1) is 14.3. The maximum absolute atomic E-state index is 6.14. The molecule has 4 atom stereocenters. The first-order valence-electron chi connectivity index (χ1n) is 7.28. The topological polar surface area (TPSA) is 47.7 Å². The molecule has 4 heteroatoms. The van der Waals surface area contributed by atoms with Crippen molar-refractivity contribution in [2.45, 2.75) is 51.3 Å². The van der Waals surface area contributed by atoms with Crippen LogP contribution in [0.2, 0.25) is 0 Å². The Morgan fingerprint density at radius 1 is 1.39 bits per heavy atom. The van der Waals surface area contributed by atoms with Crippen LogP contribution in [0.15, 0.2) is 0 Å². The maximum atomic E-state index is 6.14. The number of morpholine rings is 1. The molecule has 2 heterocycles. The Labute approximate surface area is 111 Å². The van der Waals surface area contributed by atoms with Gasteiger partial charge in [-0.1, -0.05) is 6.92 Å². The summed E-state index contributed by atoms with van der Waals surface area (Å²) < 4.78 is 11.4. The van der Waals surface area contributed by atoms with Gasteiger partial charge in [-0.25, -0.2) is 0 Å². The van der Waals surface area contributed by atoms with Crippen molar-refractivity contribution < 1.29 is 9.47 Å². The van der Waals surface area contributed by atoms with E-state index in [-0.39, 0.29) is 5.54 Å². The van der Waals surface area contributed by atoms with Gasteiger partial charge in [0, 0.05) is 37.2 Å². The summed E-state index contributed by atoms with van der Waals surface area (Å²) in [6.07, 6.45) is 2.56. The molecule has 0 aromatic rings. The van der Waals surface area contributed by atoms with Gasteiger partial charge < -0.3 is 15.2 Å². The Morgan fingerprint density at radius 2 is 2.17 bits per heavy atom. The van der Waals surface area contributed by atoms with Crippen molar-refractivity contribution in [3.05, 3.63) is 0 Å². The van der Waals surface area contributed by atoms with Crippen LogP contribution in [0.5, 0.6) is 0 Å². The van der Waals surface area contributed by atoms with E-state index >= 15 is 0 Å². The van der Waals surface area contributed by atoms with E-state index < -0.39 is 0 Å². The number of hydrogen-bond acceptors (Lipinski definition) is 4. The number of rotatable bonds is 4. The highest BCUT2D eigenvalue weighted by Gasteiger charge is 2.44. The quantitative estimate of drug-likeness (QED) is 0.822. The molecule has 2 N–H and O–H groups in total. The lowest BCUT2D eigenvalue weighted by molar-refractivity contribution is -0.109. The summed E-state index contributed by atoms with van der Waals surface area (Å²) in [5.74, 6) is 0.557. The van der Waals surface area contributed by atoms with Gasteiger partial charge in [0.25, 0.3) is 0 Å². The lowest BCUT2D eigenvalue weighted by Crippen LogP contribution is -2.64. The first-order chi connectivity index (χ1) is 8.61. The van der Waals surface area contributed by atoms with E-state index in [1.807, 2.05) is 0 Å². The first-order valence-corrected chi connectivity index (χ1v) is 7.28. The molecule has 0 amide bonds. The van der Waals surface area contributed by atoms with E-state index in [4.69, 9.17) is 15.2 Å². The van der Waals surface area contributed by atoms with E-state index in [1.165, 1.54) is 0 Å². The zero-order chi connectivity index (χ0) is 13.2. The number of hydrogen-bond donors (Lipinski definition) is 1. The molecule has 0 bridgehead atoms. The molecular formula is C14H28N2O2. The van der Waals surface area contributed by atoms with Gasteiger partial charge in [0.2, 0.25) is 0 Å². The van der Waals surface area contributed by atoms with Crippen LogP contribution in [0.25, 0.3) is 0 Å². The average molecular weight is 256 g/mol. The second kappa shape index (κ2) is 5.87. The number of nitrogens with two attached hydrogens (primary N) is 1. The van der Waals surface area contributed by atoms with Crippen LogP contribution in [-0.4, -0.2) is 55.5 Å². The number of ether oxygens (including phenoxy) is 2. The smallest absolute Gasteiger partial charge is 0.0675 e. The summed E-state index contributed by atoms with van der Waals surface area (Å²) in [6, 6.07) is 0.496. The van der Waals surface area contributed by atoms with E-state index in [2.05, 4.69) is 25.7 Å². The monoisotopic (exact) mass is 256 g/mol. The second-order valence-electron chi connectivity index (χ2n) is 5.98. The lowest BCUT2D eigenvalue weighted by atomic mass is 9.81. The summed E-state index contributed by atoms with van der Waals surface area (Å²) in [5.41, 5.74) is 6.19. The van der Waals surface area contributed by atoms with Gasteiger partial charge in [-0.3, -0.25) is 4.90 Å². The minimum absolute atomic E-state index is 0.0508. The van der Waals surface area contributed by atoms with Crippen LogP contribution in [0.1, 0.15) is 33.6 Å². The Hall–Kier alpha value is -0.160. The molecule has 4 nitrogen and oxygen atoms in total. The molecule has 0 radical (unpaired) electrons. The molecule has 0 aromatic carbocycles. The average Bonchev–Trinajstić information content (AvgIpc) is 2.92. The fraction of sp³-hybridized carbons (Fsp3) is 1.00. The van der Waals surface area contributed by atoms with Gasteiger partial charge in [0.05, 0.1) is 19.3 Å². The molecule has 18 heavy (non-hydrogen) atoms. The molecule has 2 rings (SSSR count). The van der Waals surface area contributed by atoms with Crippen molar-refractivity contribution in [2.75, 3.05) is 32.9 Å². The van der Waals surface area contributed by atoms with Crippen LogP contribution in [0.3, 0.4) is 0 Å². The molecular weight excluding hydrogens is 228 g/mol. The summed E-state index contributed by atoms with van der Waals surface area (Å²) in [4.78, 5) is 2.60. The summed E-state index contributed by atoms with van der Waals surface area (Å²) >= 11 is 0. The zero-order valence-corrected chi connectivity index (χ0v) is 12.0. The Bertz CT molecular complexity index is 269. The Balaban J connectivity index is 2.17. The van der Waals surface area contributed by atoms with Gasteiger partial charge in [-0.2, -0.15) is 0 Å². The van der Waals surface area contributed by atoms with Crippen LogP contribution in [0, 0.1) is 5.92 Å². The maximum Gasteiger partial charge on any atom is 0.0675 e. The van der Waals surface area contributed by atoms with Gasteiger partial charge in [0.1, 0.15) is 0 Å². The van der Waals surface area contributed by atoms with Gasteiger partial charge >= 0.3 is 0 Å². The normalized spacial score (nSPS) is 37.7. The molecule has 0 spiro atoms. The largest absolute Gasteiger partial charge is 0.381 e. The van der Waals surface area contributed by atoms with Gasteiger partial charge in [-0.05, 0) is 26.7 Å². The number of nitrogens with zero attached hydrogens (tertiary/aromatic N) is 1. The van der Waals surface area contributed by atoms with E-state index in [0.29, 0.717) is 24.6 Å². The predicted octanol–water partition coefficient (Wildman–Crippen LogP) is 1.24. The van der Waals surface area contributed by atoms with E-state index in [1.54, 1.807) is 0 Å².